The van der Waals surface area contributed by atoms with Crippen molar-refractivity contribution in [3.05, 3.63) is 11.8 Å². The molecule has 0 aliphatic carbocycles. The van der Waals surface area contributed by atoms with Gasteiger partial charge in [-0.15, -0.1) is 0 Å². The zero-order valence-electron chi connectivity index (χ0n) is 5.47. The summed E-state index contributed by atoms with van der Waals surface area (Å²) in [6.07, 6.45) is 2.13. The van der Waals surface area contributed by atoms with Crippen LogP contribution in [0.2, 0.25) is 0 Å². The summed E-state index contributed by atoms with van der Waals surface area (Å²) >= 11 is 0. The molecular formula is C6H9NO2. The lowest BCUT2D eigenvalue weighted by atomic mass is 10.4. The van der Waals surface area contributed by atoms with Gasteiger partial charge in [-0.2, -0.15) is 0 Å². The van der Waals surface area contributed by atoms with Gasteiger partial charge < -0.3 is 5.32 Å². The first-order valence-corrected chi connectivity index (χ1v) is 2.59. The maximum Gasteiger partial charge on any atom is 0.221 e. The molecule has 0 spiro atoms. The first-order chi connectivity index (χ1) is 4.20. The Balaban J connectivity index is 3.86. The summed E-state index contributed by atoms with van der Waals surface area (Å²) in [5.41, 5.74) is 0.308. The van der Waals surface area contributed by atoms with E-state index in [1.165, 1.54) is 13.0 Å². The highest BCUT2D eigenvalue weighted by Crippen LogP contribution is 1.80. The van der Waals surface area contributed by atoms with Gasteiger partial charge in [0.05, 0.1) is 5.70 Å². The Kier molecular flexibility index (Phi) is 3.35. The molecule has 0 fully saturated rings. The van der Waals surface area contributed by atoms with Gasteiger partial charge in [0.25, 0.3) is 0 Å². The van der Waals surface area contributed by atoms with Crippen LogP contribution in [-0.2, 0) is 9.59 Å². The average Bonchev–Trinajstić information content (AvgIpc) is 1.82. The van der Waals surface area contributed by atoms with Crippen LogP contribution in [-0.4, -0.2) is 12.2 Å². The van der Waals surface area contributed by atoms with Crippen molar-refractivity contribution in [3.8, 4) is 0 Å². The number of amides is 1. The van der Waals surface area contributed by atoms with Crippen molar-refractivity contribution in [2.24, 2.45) is 0 Å². The molecule has 0 aliphatic rings. The first kappa shape index (κ1) is 7.88. The highest BCUT2D eigenvalue weighted by Gasteiger charge is 1.92. The molecule has 0 heterocycles. The molecule has 0 radical (unpaired) electrons. The highest BCUT2D eigenvalue weighted by molar-refractivity contribution is 5.84. The molecule has 0 saturated carbocycles. The van der Waals surface area contributed by atoms with Crippen LogP contribution >= 0.6 is 0 Å². The van der Waals surface area contributed by atoms with E-state index < -0.39 is 0 Å². The van der Waals surface area contributed by atoms with Gasteiger partial charge in [-0.1, -0.05) is 6.08 Å². The molecular weight excluding hydrogens is 118 g/mol. The van der Waals surface area contributed by atoms with Crippen molar-refractivity contribution >= 4 is 12.2 Å². The van der Waals surface area contributed by atoms with E-state index in [0.717, 1.165) is 0 Å². The van der Waals surface area contributed by atoms with Crippen LogP contribution in [0, 0.1) is 0 Å². The van der Waals surface area contributed by atoms with Gasteiger partial charge in [-0.25, -0.2) is 0 Å². The summed E-state index contributed by atoms with van der Waals surface area (Å²) in [6.45, 7) is 3.03. The Morgan fingerprint density at radius 1 is 1.56 bits per heavy atom. The Hall–Kier alpha value is -1.12. The Bertz CT molecular complexity index is 149. The van der Waals surface area contributed by atoms with Crippen LogP contribution in [0.15, 0.2) is 11.8 Å². The van der Waals surface area contributed by atoms with Gasteiger partial charge in [0.1, 0.15) is 0 Å². The molecule has 0 aromatic rings. The van der Waals surface area contributed by atoms with E-state index >= 15 is 0 Å². The first-order valence-electron chi connectivity index (χ1n) is 2.59. The van der Waals surface area contributed by atoms with E-state index in [-0.39, 0.29) is 5.91 Å². The van der Waals surface area contributed by atoms with Crippen molar-refractivity contribution in [1.29, 1.82) is 0 Å². The van der Waals surface area contributed by atoms with Crippen molar-refractivity contribution in [2.75, 3.05) is 0 Å². The Morgan fingerprint density at radius 2 is 2.11 bits per heavy atom. The lowest BCUT2D eigenvalue weighted by molar-refractivity contribution is -0.119. The number of carbonyl (C=O) groups excluding carboxylic acids is 2. The topological polar surface area (TPSA) is 46.2 Å². The van der Waals surface area contributed by atoms with Crippen molar-refractivity contribution in [1.82, 2.24) is 5.32 Å². The Morgan fingerprint density at radius 3 is 2.22 bits per heavy atom. The van der Waals surface area contributed by atoms with Gasteiger partial charge in [0.15, 0.2) is 6.29 Å². The van der Waals surface area contributed by atoms with E-state index in [4.69, 9.17) is 0 Å². The predicted molar refractivity (Wildman–Crippen MR) is 33.6 cm³/mol. The van der Waals surface area contributed by atoms with Crippen LogP contribution in [0.5, 0.6) is 0 Å². The minimum Gasteiger partial charge on any atom is -0.324 e. The summed E-state index contributed by atoms with van der Waals surface area (Å²) in [5.74, 6) is -0.227. The summed E-state index contributed by atoms with van der Waals surface area (Å²) in [7, 11) is 0. The molecule has 50 valence electrons. The molecule has 0 aromatic carbocycles. The number of hydrogen-bond donors (Lipinski definition) is 1. The fourth-order valence-corrected chi connectivity index (χ4v) is 0.373. The second kappa shape index (κ2) is 3.83. The maximum absolute atomic E-state index is 10.3. The molecule has 0 saturated heterocycles. The fourth-order valence-electron chi connectivity index (χ4n) is 0.373. The third-order valence-corrected chi connectivity index (χ3v) is 0.758. The minimum absolute atomic E-state index is 0.227. The average molecular weight is 127 g/mol. The van der Waals surface area contributed by atoms with E-state index in [2.05, 4.69) is 5.32 Å². The van der Waals surface area contributed by atoms with Crippen molar-refractivity contribution in [3.63, 3.8) is 0 Å². The van der Waals surface area contributed by atoms with E-state index in [1.54, 1.807) is 6.92 Å². The highest BCUT2D eigenvalue weighted by atomic mass is 16.2. The molecule has 1 N–H and O–H groups in total. The minimum atomic E-state index is -0.227. The summed E-state index contributed by atoms with van der Waals surface area (Å²) in [4.78, 5) is 20.2. The van der Waals surface area contributed by atoms with Crippen LogP contribution in [0.4, 0.5) is 0 Å². The quantitative estimate of drug-likeness (QED) is 0.426. The number of allylic oxidation sites excluding steroid dienone is 2. The third kappa shape index (κ3) is 3.46. The molecule has 0 atom stereocenters. The lowest BCUT2D eigenvalue weighted by Gasteiger charge is -1.95. The number of aldehydes is 1. The maximum atomic E-state index is 10.3. The zero-order chi connectivity index (χ0) is 7.28. The summed E-state index contributed by atoms with van der Waals surface area (Å²) < 4.78 is 0. The van der Waals surface area contributed by atoms with E-state index in [0.29, 0.717) is 12.0 Å². The molecule has 0 rings (SSSR count). The normalized spacial score (nSPS) is 10.7. The van der Waals surface area contributed by atoms with E-state index in [9.17, 15) is 9.59 Å². The second-order valence-corrected chi connectivity index (χ2v) is 1.54. The standard InChI is InChI=1S/C6H9NO2/c1-3-6(4-8)7-5(2)9/h3-4H,1-2H3,(H,7,9). The van der Waals surface area contributed by atoms with Gasteiger partial charge in [0.2, 0.25) is 5.91 Å². The zero-order valence-corrected chi connectivity index (χ0v) is 5.47. The molecule has 0 unspecified atom stereocenters. The van der Waals surface area contributed by atoms with Crippen molar-refractivity contribution < 1.29 is 9.59 Å². The monoisotopic (exact) mass is 127 g/mol. The summed E-state index contributed by atoms with van der Waals surface area (Å²) in [6, 6.07) is 0. The van der Waals surface area contributed by atoms with Gasteiger partial charge in [0, 0.05) is 6.92 Å². The molecule has 3 nitrogen and oxygen atoms in total. The van der Waals surface area contributed by atoms with Crippen LogP contribution in [0.1, 0.15) is 13.8 Å². The van der Waals surface area contributed by atoms with Crippen molar-refractivity contribution in [2.45, 2.75) is 13.8 Å². The summed E-state index contributed by atoms with van der Waals surface area (Å²) in [5, 5.41) is 2.33. The number of rotatable bonds is 2. The van der Waals surface area contributed by atoms with Gasteiger partial charge >= 0.3 is 0 Å². The SMILES string of the molecule is CC=C(C=O)NC(C)=O. The largest absolute Gasteiger partial charge is 0.324 e. The number of nitrogens with one attached hydrogen (secondary N) is 1. The molecule has 0 bridgehead atoms. The fraction of sp³-hybridized carbons (Fsp3) is 0.333. The van der Waals surface area contributed by atoms with Gasteiger partial charge in [-0.3, -0.25) is 9.59 Å². The number of hydrogen-bond acceptors (Lipinski definition) is 2. The molecule has 9 heavy (non-hydrogen) atoms. The molecule has 0 aromatic heterocycles. The predicted octanol–water partition coefficient (Wildman–Crippen LogP) is 0.225. The molecule has 0 aliphatic heterocycles. The van der Waals surface area contributed by atoms with Crippen LogP contribution < -0.4 is 5.32 Å². The second-order valence-electron chi connectivity index (χ2n) is 1.54. The van der Waals surface area contributed by atoms with Gasteiger partial charge in [-0.05, 0) is 6.92 Å². The Labute approximate surface area is 53.7 Å². The van der Waals surface area contributed by atoms with E-state index in [1.807, 2.05) is 0 Å². The molecule has 1 amide bonds. The van der Waals surface area contributed by atoms with Crippen LogP contribution in [0.3, 0.4) is 0 Å². The van der Waals surface area contributed by atoms with Crippen LogP contribution in [0.25, 0.3) is 0 Å². The number of carbonyl (C=O) groups is 2. The smallest absolute Gasteiger partial charge is 0.221 e. The lowest BCUT2D eigenvalue weighted by Crippen LogP contribution is -2.19. The third-order valence-electron chi connectivity index (χ3n) is 0.758. The molecule has 3 heteroatoms.